The van der Waals surface area contributed by atoms with Gasteiger partial charge >= 0.3 is 0 Å². The topological polar surface area (TPSA) is 33.1 Å². The highest BCUT2D eigenvalue weighted by molar-refractivity contribution is 7.98. The minimum Gasteiger partial charge on any atom is -0.506 e. The Morgan fingerprint density at radius 3 is 2.80 bits per heavy atom. The van der Waals surface area contributed by atoms with Crippen LogP contribution >= 0.6 is 11.8 Å². The van der Waals surface area contributed by atoms with Crippen LogP contribution in [0.1, 0.15) is 5.56 Å². The van der Waals surface area contributed by atoms with Crippen molar-refractivity contribution in [3.05, 3.63) is 17.8 Å². The summed E-state index contributed by atoms with van der Waals surface area (Å²) in [6, 6.07) is 1.71. The van der Waals surface area contributed by atoms with Crippen LogP contribution in [0.4, 0.5) is 0 Å². The first kappa shape index (κ1) is 7.41. The van der Waals surface area contributed by atoms with E-state index in [-0.39, 0.29) is 5.75 Å². The van der Waals surface area contributed by atoms with E-state index in [9.17, 15) is 0 Å². The van der Waals surface area contributed by atoms with Gasteiger partial charge in [-0.25, -0.2) is 4.98 Å². The predicted octanol–water partition coefficient (Wildman–Crippen LogP) is 1.82. The Balaban J connectivity index is 3.07. The minimum absolute atomic E-state index is 0.232. The molecule has 1 heterocycles. The van der Waals surface area contributed by atoms with Crippen LogP contribution in [-0.2, 0) is 0 Å². The minimum atomic E-state index is 0.232. The van der Waals surface area contributed by atoms with Gasteiger partial charge in [-0.1, -0.05) is 0 Å². The quantitative estimate of drug-likeness (QED) is 0.628. The van der Waals surface area contributed by atoms with E-state index in [0.717, 1.165) is 10.6 Å². The van der Waals surface area contributed by atoms with Crippen molar-refractivity contribution < 1.29 is 5.11 Å². The zero-order valence-corrected chi connectivity index (χ0v) is 6.77. The number of thioether (sulfide) groups is 1. The van der Waals surface area contributed by atoms with Gasteiger partial charge < -0.3 is 5.11 Å². The Morgan fingerprint density at radius 2 is 2.30 bits per heavy atom. The number of nitrogens with zero attached hydrogens (tertiary/aromatic N) is 1. The molecule has 0 aromatic carbocycles. The van der Waals surface area contributed by atoms with Crippen molar-refractivity contribution in [2.75, 3.05) is 6.26 Å². The van der Waals surface area contributed by atoms with Crippen molar-refractivity contribution in [3.8, 4) is 5.75 Å². The fourth-order valence-electron chi connectivity index (χ4n) is 0.761. The van der Waals surface area contributed by atoms with Gasteiger partial charge in [-0.3, -0.25) is 0 Å². The maximum absolute atomic E-state index is 8.96. The third-order valence-corrected chi connectivity index (χ3v) is 2.02. The summed E-state index contributed by atoms with van der Waals surface area (Å²) in [6.07, 6.45) is 3.42. The summed E-state index contributed by atoms with van der Waals surface area (Å²) in [4.78, 5) is 4.01. The molecule has 1 aromatic heterocycles. The Bertz CT molecular complexity index is 237. The van der Waals surface area contributed by atoms with E-state index in [1.807, 2.05) is 13.2 Å². The maximum Gasteiger partial charge on any atom is 0.134 e. The van der Waals surface area contributed by atoms with Crippen LogP contribution < -0.4 is 0 Å². The second-order valence-electron chi connectivity index (χ2n) is 2.02. The second kappa shape index (κ2) is 2.92. The molecule has 1 rings (SSSR count). The van der Waals surface area contributed by atoms with E-state index >= 15 is 0 Å². The smallest absolute Gasteiger partial charge is 0.134 e. The number of aromatic nitrogens is 1. The second-order valence-corrected chi connectivity index (χ2v) is 2.81. The lowest BCUT2D eigenvalue weighted by Crippen LogP contribution is -1.82. The number of aryl methyl sites for hydroxylation is 1. The van der Waals surface area contributed by atoms with Gasteiger partial charge in [0, 0.05) is 0 Å². The Kier molecular flexibility index (Phi) is 2.17. The lowest BCUT2D eigenvalue weighted by atomic mass is 10.3. The molecule has 3 heteroatoms. The summed E-state index contributed by atoms with van der Waals surface area (Å²) in [5, 5.41) is 9.93. The lowest BCUT2D eigenvalue weighted by Gasteiger charge is -1.99. The lowest BCUT2D eigenvalue weighted by molar-refractivity contribution is 0.471. The molecule has 1 aromatic rings. The molecule has 0 aliphatic heterocycles. The number of hydrogen-bond donors (Lipinski definition) is 1. The monoisotopic (exact) mass is 155 g/mol. The summed E-state index contributed by atoms with van der Waals surface area (Å²) in [6.45, 7) is 1.93. The SMILES string of the molecule is CSc1ncc(O)cc1C. The molecular weight excluding hydrogens is 146 g/mol. The van der Waals surface area contributed by atoms with Gasteiger partial charge in [0.2, 0.25) is 0 Å². The maximum atomic E-state index is 8.96. The van der Waals surface area contributed by atoms with E-state index in [4.69, 9.17) is 5.11 Å². The normalized spacial score (nSPS) is 9.80. The number of aromatic hydroxyl groups is 1. The third kappa shape index (κ3) is 1.42. The van der Waals surface area contributed by atoms with Gasteiger partial charge in [-0.15, -0.1) is 11.8 Å². The van der Waals surface area contributed by atoms with Crippen LogP contribution in [0.5, 0.6) is 5.75 Å². The van der Waals surface area contributed by atoms with E-state index in [2.05, 4.69) is 4.98 Å². The molecule has 0 atom stereocenters. The van der Waals surface area contributed by atoms with Crippen molar-refractivity contribution in [2.45, 2.75) is 11.9 Å². The molecule has 0 saturated heterocycles. The summed E-state index contributed by atoms with van der Waals surface area (Å²) >= 11 is 1.58. The van der Waals surface area contributed by atoms with Crippen LogP contribution in [0, 0.1) is 6.92 Å². The van der Waals surface area contributed by atoms with Gasteiger partial charge in [0.1, 0.15) is 5.75 Å². The Morgan fingerprint density at radius 1 is 1.60 bits per heavy atom. The Hall–Kier alpha value is -0.700. The number of rotatable bonds is 1. The number of hydrogen-bond acceptors (Lipinski definition) is 3. The Labute approximate surface area is 64.3 Å². The molecule has 0 unspecified atom stereocenters. The molecule has 0 saturated carbocycles. The first-order valence-electron chi connectivity index (χ1n) is 2.93. The van der Waals surface area contributed by atoms with Crippen molar-refractivity contribution in [1.29, 1.82) is 0 Å². The highest BCUT2D eigenvalue weighted by atomic mass is 32.2. The summed E-state index contributed by atoms with van der Waals surface area (Å²) in [7, 11) is 0. The molecule has 10 heavy (non-hydrogen) atoms. The zero-order valence-electron chi connectivity index (χ0n) is 5.96. The molecule has 0 aliphatic carbocycles. The molecule has 0 aliphatic rings. The highest BCUT2D eigenvalue weighted by Crippen LogP contribution is 2.19. The van der Waals surface area contributed by atoms with Crippen LogP contribution in [0.25, 0.3) is 0 Å². The molecule has 54 valence electrons. The molecule has 0 fully saturated rings. The predicted molar refractivity (Wildman–Crippen MR) is 42.4 cm³/mol. The molecule has 0 radical (unpaired) electrons. The fourth-order valence-corrected chi connectivity index (χ4v) is 1.30. The van der Waals surface area contributed by atoms with E-state index in [0.29, 0.717) is 0 Å². The first-order valence-corrected chi connectivity index (χ1v) is 4.16. The molecule has 0 bridgehead atoms. The summed E-state index contributed by atoms with van der Waals surface area (Å²) in [5.41, 5.74) is 1.02. The third-order valence-electron chi connectivity index (χ3n) is 1.21. The van der Waals surface area contributed by atoms with Gasteiger partial charge in [0.25, 0.3) is 0 Å². The zero-order chi connectivity index (χ0) is 7.56. The van der Waals surface area contributed by atoms with Crippen molar-refractivity contribution in [1.82, 2.24) is 4.98 Å². The van der Waals surface area contributed by atoms with Crippen molar-refractivity contribution in [3.63, 3.8) is 0 Å². The van der Waals surface area contributed by atoms with E-state index in [1.165, 1.54) is 6.20 Å². The van der Waals surface area contributed by atoms with Crippen LogP contribution in [-0.4, -0.2) is 16.3 Å². The van der Waals surface area contributed by atoms with Gasteiger partial charge in [0.05, 0.1) is 11.2 Å². The van der Waals surface area contributed by atoms with Crippen LogP contribution in [0.15, 0.2) is 17.3 Å². The number of pyridine rings is 1. The average Bonchev–Trinajstić information content (AvgIpc) is 1.88. The standard InChI is InChI=1S/C7H9NOS/c1-5-3-6(9)4-8-7(5)10-2/h3-4,9H,1-2H3. The van der Waals surface area contributed by atoms with Gasteiger partial charge in [0.15, 0.2) is 0 Å². The molecule has 2 nitrogen and oxygen atoms in total. The molecular formula is C7H9NOS. The van der Waals surface area contributed by atoms with E-state index in [1.54, 1.807) is 17.8 Å². The van der Waals surface area contributed by atoms with E-state index < -0.39 is 0 Å². The van der Waals surface area contributed by atoms with Crippen molar-refractivity contribution >= 4 is 11.8 Å². The largest absolute Gasteiger partial charge is 0.506 e. The summed E-state index contributed by atoms with van der Waals surface area (Å²) in [5.74, 6) is 0.232. The summed E-state index contributed by atoms with van der Waals surface area (Å²) < 4.78 is 0. The molecule has 1 N–H and O–H groups in total. The fraction of sp³-hybridized carbons (Fsp3) is 0.286. The van der Waals surface area contributed by atoms with Crippen LogP contribution in [0.2, 0.25) is 0 Å². The van der Waals surface area contributed by atoms with Crippen LogP contribution in [0.3, 0.4) is 0 Å². The molecule has 0 amide bonds. The molecule has 0 spiro atoms. The van der Waals surface area contributed by atoms with Gasteiger partial charge in [-0.2, -0.15) is 0 Å². The highest BCUT2D eigenvalue weighted by Gasteiger charge is 1.97. The van der Waals surface area contributed by atoms with Crippen molar-refractivity contribution in [2.24, 2.45) is 0 Å². The average molecular weight is 155 g/mol. The first-order chi connectivity index (χ1) is 4.74. The van der Waals surface area contributed by atoms with Gasteiger partial charge in [-0.05, 0) is 24.8 Å².